The van der Waals surface area contributed by atoms with Gasteiger partial charge in [0.15, 0.2) is 0 Å². The van der Waals surface area contributed by atoms with Crippen molar-refractivity contribution in [2.45, 2.75) is 13.3 Å². The molecule has 0 radical (unpaired) electrons. The lowest BCUT2D eigenvalue weighted by Gasteiger charge is -2.10. The standard InChI is InChI=1S/C19H19BrN4O/c1-14-7-8-15(20)13-18(14)22-19(25)21-11-9-16-10-12-24(23-16)17-5-3-2-4-6-17/h2-8,10,12-13H,9,11H2,1H3,(H2,21,22,25). The van der Waals surface area contributed by atoms with Crippen LogP contribution in [0.3, 0.4) is 0 Å². The van der Waals surface area contributed by atoms with E-state index in [9.17, 15) is 4.79 Å². The molecule has 1 heterocycles. The third-order valence-corrected chi connectivity index (χ3v) is 4.27. The Hall–Kier alpha value is -2.60. The molecule has 0 bridgehead atoms. The summed E-state index contributed by atoms with van der Waals surface area (Å²) < 4.78 is 2.76. The number of amides is 2. The summed E-state index contributed by atoms with van der Waals surface area (Å²) >= 11 is 3.41. The number of hydrogen-bond donors (Lipinski definition) is 2. The van der Waals surface area contributed by atoms with Gasteiger partial charge in [-0.3, -0.25) is 0 Å². The molecule has 1 aromatic heterocycles. The van der Waals surface area contributed by atoms with Crippen molar-refractivity contribution in [2.75, 3.05) is 11.9 Å². The summed E-state index contributed by atoms with van der Waals surface area (Å²) in [6, 6.07) is 17.5. The average molecular weight is 399 g/mol. The molecule has 0 unspecified atom stereocenters. The lowest BCUT2D eigenvalue weighted by Crippen LogP contribution is -2.30. The van der Waals surface area contributed by atoms with Gasteiger partial charge in [-0.1, -0.05) is 40.2 Å². The van der Waals surface area contributed by atoms with Gasteiger partial charge in [0, 0.05) is 29.3 Å². The highest BCUT2D eigenvalue weighted by molar-refractivity contribution is 9.10. The minimum atomic E-state index is -0.219. The summed E-state index contributed by atoms with van der Waals surface area (Å²) in [7, 11) is 0. The van der Waals surface area contributed by atoms with Crippen LogP contribution in [0.15, 0.2) is 65.3 Å². The molecule has 0 saturated heterocycles. The SMILES string of the molecule is Cc1ccc(Br)cc1NC(=O)NCCc1ccn(-c2ccccc2)n1. The molecule has 25 heavy (non-hydrogen) atoms. The van der Waals surface area contributed by atoms with Gasteiger partial charge in [-0.25, -0.2) is 9.48 Å². The Morgan fingerprint density at radius 2 is 1.96 bits per heavy atom. The van der Waals surface area contributed by atoms with Gasteiger partial charge in [-0.15, -0.1) is 0 Å². The molecule has 0 saturated carbocycles. The Bertz CT molecular complexity index is 861. The molecule has 0 aliphatic heterocycles. The molecule has 2 aromatic carbocycles. The molecule has 128 valence electrons. The number of rotatable bonds is 5. The van der Waals surface area contributed by atoms with Gasteiger partial charge >= 0.3 is 6.03 Å². The Morgan fingerprint density at radius 3 is 2.76 bits per heavy atom. The first-order valence-corrected chi connectivity index (χ1v) is 8.82. The van der Waals surface area contributed by atoms with Crippen LogP contribution in [0, 0.1) is 6.92 Å². The highest BCUT2D eigenvalue weighted by atomic mass is 79.9. The van der Waals surface area contributed by atoms with Crippen molar-refractivity contribution in [3.63, 3.8) is 0 Å². The number of benzene rings is 2. The van der Waals surface area contributed by atoms with Gasteiger partial charge in [0.05, 0.1) is 11.4 Å². The van der Waals surface area contributed by atoms with Crippen molar-refractivity contribution in [1.82, 2.24) is 15.1 Å². The van der Waals surface area contributed by atoms with Crippen LogP contribution >= 0.6 is 15.9 Å². The number of halogens is 1. The molecule has 0 aliphatic rings. The number of nitrogens with one attached hydrogen (secondary N) is 2. The Morgan fingerprint density at radius 1 is 1.16 bits per heavy atom. The van der Waals surface area contributed by atoms with E-state index in [1.54, 1.807) is 0 Å². The minimum Gasteiger partial charge on any atom is -0.337 e. The highest BCUT2D eigenvalue weighted by Crippen LogP contribution is 2.20. The number of anilines is 1. The van der Waals surface area contributed by atoms with E-state index < -0.39 is 0 Å². The van der Waals surface area contributed by atoms with Crippen molar-refractivity contribution in [3.8, 4) is 5.69 Å². The predicted octanol–water partition coefficient (Wildman–Crippen LogP) is 4.31. The quantitative estimate of drug-likeness (QED) is 0.672. The Kier molecular flexibility index (Phi) is 5.50. The molecular formula is C19H19BrN4O. The monoisotopic (exact) mass is 398 g/mol. The fourth-order valence-electron chi connectivity index (χ4n) is 2.42. The summed E-state index contributed by atoms with van der Waals surface area (Å²) in [4.78, 5) is 12.0. The number of hydrogen-bond acceptors (Lipinski definition) is 2. The fourth-order valence-corrected chi connectivity index (χ4v) is 2.78. The fraction of sp³-hybridized carbons (Fsp3) is 0.158. The second-order valence-electron chi connectivity index (χ2n) is 5.68. The molecule has 0 aliphatic carbocycles. The van der Waals surface area contributed by atoms with Gasteiger partial charge in [0.25, 0.3) is 0 Å². The van der Waals surface area contributed by atoms with E-state index in [-0.39, 0.29) is 6.03 Å². The second kappa shape index (κ2) is 7.98. The number of aromatic nitrogens is 2. The first-order chi connectivity index (χ1) is 12.1. The zero-order chi connectivity index (χ0) is 17.6. The summed E-state index contributed by atoms with van der Waals surface area (Å²) in [5, 5.41) is 10.2. The normalized spacial score (nSPS) is 10.5. The summed E-state index contributed by atoms with van der Waals surface area (Å²) in [6.45, 7) is 2.48. The first kappa shape index (κ1) is 17.2. The van der Waals surface area contributed by atoms with Crippen molar-refractivity contribution in [2.24, 2.45) is 0 Å². The van der Waals surface area contributed by atoms with Gasteiger partial charge in [-0.05, 0) is 42.8 Å². The largest absolute Gasteiger partial charge is 0.337 e. The van der Waals surface area contributed by atoms with Crippen LogP contribution in [0.2, 0.25) is 0 Å². The van der Waals surface area contributed by atoms with Crippen LogP contribution in [-0.2, 0) is 6.42 Å². The van der Waals surface area contributed by atoms with Crippen LogP contribution in [0.5, 0.6) is 0 Å². The molecule has 5 nitrogen and oxygen atoms in total. The Balaban J connectivity index is 1.50. The van der Waals surface area contributed by atoms with Crippen LogP contribution in [0.1, 0.15) is 11.3 Å². The van der Waals surface area contributed by atoms with Gasteiger partial charge in [0.1, 0.15) is 0 Å². The van der Waals surface area contributed by atoms with E-state index in [4.69, 9.17) is 0 Å². The molecule has 0 atom stereocenters. The maximum Gasteiger partial charge on any atom is 0.319 e. The second-order valence-corrected chi connectivity index (χ2v) is 6.59. The minimum absolute atomic E-state index is 0.219. The van der Waals surface area contributed by atoms with E-state index in [2.05, 4.69) is 31.7 Å². The molecule has 3 aromatic rings. The van der Waals surface area contributed by atoms with Crippen LogP contribution in [0.4, 0.5) is 10.5 Å². The number of nitrogens with zero attached hydrogens (tertiary/aromatic N) is 2. The van der Waals surface area contributed by atoms with Crippen molar-refractivity contribution < 1.29 is 4.79 Å². The van der Waals surface area contributed by atoms with E-state index in [0.29, 0.717) is 13.0 Å². The van der Waals surface area contributed by atoms with E-state index in [1.165, 1.54) is 0 Å². The van der Waals surface area contributed by atoms with E-state index in [0.717, 1.165) is 27.1 Å². The Labute approximate surface area is 155 Å². The van der Waals surface area contributed by atoms with Gasteiger partial charge in [0.2, 0.25) is 0 Å². The molecule has 2 amide bonds. The van der Waals surface area contributed by atoms with Crippen LogP contribution in [-0.4, -0.2) is 22.4 Å². The first-order valence-electron chi connectivity index (χ1n) is 8.03. The number of para-hydroxylation sites is 1. The van der Waals surface area contributed by atoms with E-state index >= 15 is 0 Å². The lowest BCUT2D eigenvalue weighted by molar-refractivity contribution is 0.252. The third kappa shape index (κ3) is 4.70. The maximum absolute atomic E-state index is 12.0. The molecule has 3 rings (SSSR count). The summed E-state index contributed by atoms with van der Waals surface area (Å²) in [5.41, 5.74) is 3.76. The molecule has 0 fully saturated rings. The summed E-state index contributed by atoms with van der Waals surface area (Å²) in [6.07, 6.45) is 2.60. The number of aryl methyl sites for hydroxylation is 1. The van der Waals surface area contributed by atoms with Crippen LogP contribution < -0.4 is 10.6 Å². The molecule has 2 N–H and O–H groups in total. The number of carbonyl (C=O) groups excluding carboxylic acids is 1. The van der Waals surface area contributed by atoms with Crippen molar-refractivity contribution in [1.29, 1.82) is 0 Å². The topological polar surface area (TPSA) is 59.0 Å². The lowest BCUT2D eigenvalue weighted by atomic mass is 10.2. The van der Waals surface area contributed by atoms with Gasteiger partial charge in [-0.2, -0.15) is 5.10 Å². The van der Waals surface area contributed by atoms with Crippen molar-refractivity contribution in [3.05, 3.63) is 76.5 Å². The zero-order valence-electron chi connectivity index (χ0n) is 13.9. The predicted molar refractivity (Wildman–Crippen MR) is 103 cm³/mol. The van der Waals surface area contributed by atoms with Crippen LogP contribution in [0.25, 0.3) is 5.69 Å². The number of carbonyl (C=O) groups is 1. The molecule has 6 heteroatoms. The average Bonchev–Trinajstić information content (AvgIpc) is 3.08. The molecule has 0 spiro atoms. The third-order valence-electron chi connectivity index (χ3n) is 3.78. The molecular weight excluding hydrogens is 380 g/mol. The van der Waals surface area contributed by atoms with E-state index in [1.807, 2.05) is 72.4 Å². The highest BCUT2D eigenvalue weighted by Gasteiger charge is 2.06. The van der Waals surface area contributed by atoms with Crippen molar-refractivity contribution >= 4 is 27.6 Å². The zero-order valence-corrected chi connectivity index (χ0v) is 15.5. The van der Waals surface area contributed by atoms with Gasteiger partial charge < -0.3 is 10.6 Å². The summed E-state index contributed by atoms with van der Waals surface area (Å²) in [5.74, 6) is 0. The maximum atomic E-state index is 12.0. The number of urea groups is 1. The smallest absolute Gasteiger partial charge is 0.319 e.